The number of nitrogens with two attached hydrogens (primary N) is 1. The van der Waals surface area contributed by atoms with Gasteiger partial charge in [0.25, 0.3) is 0 Å². The summed E-state index contributed by atoms with van der Waals surface area (Å²) in [6.07, 6.45) is 5.57. The molecule has 1 aromatic heterocycles. The van der Waals surface area contributed by atoms with Gasteiger partial charge in [-0.15, -0.1) is 0 Å². The molecule has 106 valence electrons. The first-order valence-electron chi connectivity index (χ1n) is 7.25. The number of anilines is 2. The molecule has 0 unspecified atom stereocenters. The van der Waals surface area contributed by atoms with Crippen LogP contribution in [0.2, 0.25) is 0 Å². The molecule has 0 aliphatic carbocycles. The average molecular weight is 263 g/mol. The van der Waals surface area contributed by atoms with Crippen LogP contribution in [0.15, 0.2) is 6.33 Å². The Balaban J connectivity index is 1.90. The highest BCUT2D eigenvalue weighted by atomic mass is 15.1. The van der Waals surface area contributed by atoms with Gasteiger partial charge in [0.15, 0.2) is 0 Å². The second-order valence-corrected chi connectivity index (χ2v) is 5.50. The van der Waals surface area contributed by atoms with Crippen molar-refractivity contribution in [1.29, 1.82) is 0 Å². The Morgan fingerprint density at radius 2 is 2.00 bits per heavy atom. The van der Waals surface area contributed by atoms with E-state index in [1.54, 1.807) is 0 Å². The van der Waals surface area contributed by atoms with Gasteiger partial charge in [-0.2, -0.15) is 0 Å². The van der Waals surface area contributed by atoms with Gasteiger partial charge in [-0.05, 0) is 31.8 Å². The van der Waals surface area contributed by atoms with Crippen molar-refractivity contribution in [3.8, 4) is 0 Å². The van der Waals surface area contributed by atoms with E-state index in [9.17, 15) is 0 Å². The zero-order valence-corrected chi connectivity index (χ0v) is 12.0. The van der Waals surface area contributed by atoms with Crippen molar-refractivity contribution < 1.29 is 0 Å². The van der Waals surface area contributed by atoms with Crippen molar-refractivity contribution in [3.63, 3.8) is 0 Å². The highest BCUT2D eigenvalue weighted by Crippen LogP contribution is 2.25. The van der Waals surface area contributed by atoms with Gasteiger partial charge >= 0.3 is 0 Å². The molecule has 5 heteroatoms. The van der Waals surface area contributed by atoms with Gasteiger partial charge in [0.1, 0.15) is 18.0 Å². The molecular weight excluding hydrogens is 238 g/mol. The number of hydrogen-bond acceptors (Lipinski definition) is 5. The number of rotatable bonds is 5. The van der Waals surface area contributed by atoms with Crippen LogP contribution >= 0.6 is 0 Å². The second kappa shape index (κ2) is 6.70. The lowest BCUT2D eigenvalue weighted by Gasteiger charge is -2.26. The minimum Gasteiger partial charge on any atom is -0.383 e. The maximum absolute atomic E-state index is 5.94. The van der Waals surface area contributed by atoms with Crippen LogP contribution in [0.25, 0.3) is 0 Å². The molecule has 1 aliphatic rings. The van der Waals surface area contributed by atoms with E-state index < -0.39 is 0 Å². The molecule has 0 spiro atoms. The number of likely N-dealkylation sites (tertiary alicyclic amines) is 1. The van der Waals surface area contributed by atoms with Crippen molar-refractivity contribution >= 4 is 11.6 Å². The fourth-order valence-corrected chi connectivity index (χ4v) is 2.63. The monoisotopic (exact) mass is 263 g/mol. The predicted octanol–water partition coefficient (Wildman–Crippen LogP) is 2.08. The molecular formula is C14H25N5. The maximum Gasteiger partial charge on any atom is 0.135 e. The Kier molecular flexibility index (Phi) is 4.96. The van der Waals surface area contributed by atoms with E-state index in [1.807, 2.05) is 0 Å². The van der Waals surface area contributed by atoms with Crippen molar-refractivity contribution in [1.82, 2.24) is 14.9 Å². The first-order valence-corrected chi connectivity index (χ1v) is 7.25. The molecule has 2 rings (SSSR count). The van der Waals surface area contributed by atoms with Crippen LogP contribution in [-0.4, -0.2) is 41.0 Å². The first kappa shape index (κ1) is 14.1. The highest BCUT2D eigenvalue weighted by Gasteiger charge is 2.13. The number of nitrogens with one attached hydrogen (secondary N) is 1. The Morgan fingerprint density at radius 1 is 1.26 bits per heavy atom. The molecule has 3 N–H and O–H groups in total. The minimum atomic E-state index is 0.332. The van der Waals surface area contributed by atoms with E-state index in [0.717, 1.165) is 24.5 Å². The summed E-state index contributed by atoms with van der Waals surface area (Å²) in [7, 11) is 0. The molecule has 2 heterocycles. The Labute approximate surface area is 115 Å². The summed E-state index contributed by atoms with van der Waals surface area (Å²) >= 11 is 0. The molecule has 1 fully saturated rings. The molecule has 1 aliphatic heterocycles. The molecule has 0 amide bonds. The first-order chi connectivity index (χ1) is 9.18. The molecule has 0 aromatic carbocycles. The van der Waals surface area contributed by atoms with Crippen LogP contribution in [0.3, 0.4) is 0 Å². The quantitative estimate of drug-likeness (QED) is 0.851. The van der Waals surface area contributed by atoms with Crippen LogP contribution in [-0.2, 0) is 0 Å². The number of nitrogen functional groups attached to an aromatic ring is 1. The maximum atomic E-state index is 5.94. The van der Waals surface area contributed by atoms with Crippen molar-refractivity contribution in [2.75, 3.05) is 37.2 Å². The fraction of sp³-hybridized carbons (Fsp3) is 0.714. The van der Waals surface area contributed by atoms with Crippen LogP contribution in [0.1, 0.15) is 44.6 Å². The molecule has 0 radical (unpaired) electrons. The molecule has 0 saturated carbocycles. The predicted molar refractivity (Wildman–Crippen MR) is 79.3 cm³/mol. The fourth-order valence-electron chi connectivity index (χ4n) is 2.63. The van der Waals surface area contributed by atoms with Gasteiger partial charge in [-0.3, -0.25) is 0 Å². The molecule has 1 aromatic rings. The average Bonchev–Trinajstić information content (AvgIpc) is 2.39. The van der Waals surface area contributed by atoms with E-state index in [2.05, 4.69) is 34.0 Å². The second-order valence-electron chi connectivity index (χ2n) is 5.50. The summed E-state index contributed by atoms with van der Waals surface area (Å²) in [6, 6.07) is 0. The van der Waals surface area contributed by atoms with E-state index in [1.165, 1.54) is 38.7 Å². The van der Waals surface area contributed by atoms with Crippen molar-refractivity contribution in [2.24, 2.45) is 0 Å². The number of hydrogen-bond donors (Lipinski definition) is 2. The zero-order valence-electron chi connectivity index (χ0n) is 12.0. The molecule has 1 saturated heterocycles. The normalized spacial score (nSPS) is 16.8. The smallest absolute Gasteiger partial charge is 0.135 e. The van der Waals surface area contributed by atoms with Crippen LogP contribution in [0.4, 0.5) is 11.6 Å². The van der Waals surface area contributed by atoms with Crippen LogP contribution in [0.5, 0.6) is 0 Å². The molecule has 19 heavy (non-hydrogen) atoms. The molecule has 0 bridgehead atoms. The summed E-state index contributed by atoms with van der Waals surface area (Å²) in [5.41, 5.74) is 6.96. The van der Waals surface area contributed by atoms with E-state index >= 15 is 0 Å². The third-order valence-electron chi connectivity index (χ3n) is 3.66. The van der Waals surface area contributed by atoms with Crippen molar-refractivity contribution in [2.45, 2.75) is 39.0 Å². The Bertz CT molecular complexity index is 399. The third-order valence-corrected chi connectivity index (χ3v) is 3.66. The lowest BCUT2D eigenvalue weighted by molar-refractivity contribution is 0.237. The van der Waals surface area contributed by atoms with Gasteiger partial charge in [-0.1, -0.05) is 20.3 Å². The summed E-state index contributed by atoms with van der Waals surface area (Å²) < 4.78 is 0. The van der Waals surface area contributed by atoms with Gasteiger partial charge < -0.3 is 16.0 Å². The lowest BCUT2D eigenvalue weighted by Crippen LogP contribution is -2.34. The van der Waals surface area contributed by atoms with Gasteiger partial charge in [0.05, 0.1) is 0 Å². The van der Waals surface area contributed by atoms with E-state index in [-0.39, 0.29) is 0 Å². The summed E-state index contributed by atoms with van der Waals surface area (Å²) in [4.78, 5) is 10.9. The largest absolute Gasteiger partial charge is 0.383 e. The number of nitrogens with zero attached hydrogens (tertiary/aromatic N) is 3. The molecule has 0 atom stereocenters. The zero-order chi connectivity index (χ0) is 13.7. The van der Waals surface area contributed by atoms with Gasteiger partial charge in [0.2, 0.25) is 0 Å². The minimum absolute atomic E-state index is 0.332. The third kappa shape index (κ3) is 3.80. The summed E-state index contributed by atoms with van der Waals surface area (Å²) in [5, 5.41) is 3.41. The lowest BCUT2D eigenvalue weighted by atomic mass is 10.0. The highest BCUT2D eigenvalue weighted by molar-refractivity contribution is 5.56. The SMILES string of the molecule is CC(C)c1c(N)ncnc1NCCN1CCCCC1. The van der Waals surface area contributed by atoms with Gasteiger partial charge in [-0.25, -0.2) is 9.97 Å². The molecule has 5 nitrogen and oxygen atoms in total. The Hall–Kier alpha value is -1.36. The van der Waals surface area contributed by atoms with Crippen LogP contribution < -0.4 is 11.1 Å². The summed E-state index contributed by atoms with van der Waals surface area (Å²) in [5.74, 6) is 1.81. The van der Waals surface area contributed by atoms with E-state index in [4.69, 9.17) is 5.73 Å². The van der Waals surface area contributed by atoms with Crippen LogP contribution in [0, 0.1) is 0 Å². The summed E-state index contributed by atoms with van der Waals surface area (Å²) in [6.45, 7) is 8.67. The van der Waals surface area contributed by atoms with E-state index in [0.29, 0.717) is 11.7 Å². The Morgan fingerprint density at radius 3 is 2.68 bits per heavy atom. The number of piperidine rings is 1. The number of aromatic nitrogens is 2. The van der Waals surface area contributed by atoms with Gasteiger partial charge in [0, 0.05) is 18.7 Å². The topological polar surface area (TPSA) is 67.1 Å². The standard InChI is InChI=1S/C14H25N5/c1-11(2)12-13(15)17-10-18-14(12)16-6-9-19-7-4-3-5-8-19/h10-11H,3-9H2,1-2H3,(H3,15,16,17,18). The van der Waals surface area contributed by atoms with Crippen molar-refractivity contribution in [3.05, 3.63) is 11.9 Å².